The van der Waals surface area contributed by atoms with Crippen molar-refractivity contribution in [3.63, 3.8) is 0 Å². The van der Waals surface area contributed by atoms with Crippen LogP contribution in [0.5, 0.6) is 5.75 Å². The quantitative estimate of drug-likeness (QED) is 0.464. The fourth-order valence-corrected chi connectivity index (χ4v) is 5.28. The Morgan fingerprint density at radius 2 is 1.81 bits per heavy atom. The first-order valence-corrected chi connectivity index (χ1v) is 12.7. The van der Waals surface area contributed by atoms with Crippen molar-refractivity contribution < 1.29 is 14.3 Å². The number of halogens is 1. The number of ether oxygens (including phenoxy) is 1. The zero-order valence-electron chi connectivity index (χ0n) is 19.4. The van der Waals surface area contributed by atoms with Gasteiger partial charge in [0.05, 0.1) is 18.9 Å². The topological polar surface area (TPSA) is 83.4 Å². The number of carbonyl (C=O) groups is 2. The van der Waals surface area contributed by atoms with Crippen molar-refractivity contribution >= 4 is 51.7 Å². The van der Waals surface area contributed by atoms with E-state index in [1.165, 1.54) is 11.8 Å². The van der Waals surface area contributed by atoms with Gasteiger partial charge in [0.15, 0.2) is 5.17 Å². The molecule has 0 aliphatic carbocycles. The largest absolute Gasteiger partial charge is 0.497 e. The Balaban J connectivity index is 1.32. The van der Waals surface area contributed by atoms with Crippen LogP contribution in [-0.2, 0) is 9.59 Å². The lowest BCUT2D eigenvalue weighted by Crippen LogP contribution is -2.25. The number of hydrogen-bond acceptors (Lipinski definition) is 6. The monoisotopic (exact) mass is 518 g/mol. The van der Waals surface area contributed by atoms with Gasteiger partial charge in [-0.2, -0.15) is 10.1 Å². The molecule has 0 spiro atoms. The van der Waals surface area contributed by atoms with Gasteiger partial charge in [-0.05, 0) is 47.5 Å². The number of amides is 2. The summed E-state index contributed by atoms with van der Waals surface area (Å²) < 4.78 is 5.14. The van der Waals surface area contributed by atoms with Gasteiger partial charge in [0.1, 0.15) is 11.0 Å². The second kappa shape index (κ2) is 10.6. The van der Waals surface area contributed by atoms with Crippen LogP contribution in [0, 0.1) is 0 Å². The molecule has 2 amide bonds. The molecule has 36 heavy (non-hydrogen) atoms. The Bertz CT molecular complexity index is 1330. The zero-order chi connectivity index (χ0) is 25.1. The van der Waals surface area contributed by atoms with E-state index in [0.29, 0.717) is 28.0 Å². The summed E-state index contributed by atoms with van der Waals surface area (Å²) in [6.07, 6.45) is 0.666. The first-order valence-electron chi connectivity index (χ1n) is 11.4. The Labute approximate surface area is 218 Å². The van der Waals surface area contributed by atoms with E-state index in [4.69, 9.17) is 21.4 Å². The second-order valence-corrected chi connectivity index (χ2v) is 9.95. The molecule has 3 aromatic carbocycles. The summed E-state index contributed by atoms with van der Waals surface area (Å²) in [5.41, 5.74) is 3.58. The van der Waals surface area contributed by atoms with Crippen LogP contribution >= 0.6 is 23.4 Å². The van der Waals surface area contributed by atoms with E-state index in [-0.39, 0.29) is 24.3 Å². The predicted molar refractivity (Wildman–Crippen MR) is 144 cm³/mol. The van der Waals surface area contributed by atoms with Crippen LogP contribution in [0.4, 0.5) is 5.69 Å². The third-order valence-corrected chi connectivity index (χ3v) is 7.34. The maximum absolute atomic E-state index is 12.8. The summed E-state index contributed by atoms with van der Waals surface area (Å²) >= 11 is 7.38. The molecule has 3 aromatic rings. The van der Waals surface area contributed by atoms with E-state index in [9.17, 15) is 9.59 Å². The minimum Gasteiger partial charge on any atom is -0.497 e. The molecule has 5 rings (SSSR count). The Hall–Kier alpha value is -3.62. The number of aliphatic imine (C=N–C) groups is 1. The van der Waals surface area contributed by atoms with E-state index in [2.05, 4.69) is 10.3 Å². The predicted octanol–water partition coefficient (Wildman–Crippen LogP) is 5.53. The maximum Gasteiger partial charge on any atom is 0.262 e. The highest BCUT2D eigenvalue weighted by atomic mass is 35.5. The molecule has 7 nitrogen and oxygen atoms in total. The number of hydrogen-bond donors (Lipinski definition) is 1. The maximum atomic E-state index is 12.8. The molecule has 9 heteroatoms. The van der Waals surface area contributed by atoms with Gasteiger partial charge in [-0.15, -0.1) is 0 Å². The van der Waals surface area contributed by atoms with Crippen molar-refractivity contribution in [2.45, 2.75) is 24.1 Å². The van der Waals surface area contributed by atoms with Crippen molar-refractivity contribution in [3.05, 3.63) is 95.0 Å². The molecule has 182 valence electrons. The van der Waals surface area contributed by atoms with Crippen LogP contribution in [0.25, 0.3) is 0 Å². The van der Waals surface area contributed by atoms with Crippen LogP contribution in [0.2, 0.25) is 5.02 Å². The van der Waals surface area contributed by atoms with Crippen molar-refractivity contribution in [2.75, 3.05) is 12.4 Å². The number of amidine groups is 1. The van der Waals surface area contributed by atoms with Crippen LogP contribution in [0.3, 0.4) is 0 Å². The summed E-state index contributed by atoms with van der Waals surface area (Å²) in [7, 11) is 1.58. The molecule has 2 aliphatic heterocycles. The fraction of sp³-hybridized carbons (Fsp3) is 0.185. The van der Waals surface area contributed by atoms with Crippen molar-refractivity contribution in [1.82, 2.24) is 5.01 Å². The summed E-state index contributed by atoms with van der Waals surface area (Å²) in [4.78, 5) is 29.7. The minimum atomic E-state index is -0.611. The lowest BCUT2D eigenvalue weighted by atomic mass is 9.99. The molecule has 2 atom stereocenters. The number of rotatable bonds is 6. The van der Waals surface area contributed by atoms with E-state index < -0.39 is 5.25 Å². The summed E-state index contributed by atoms with van der Waals surface area (Å²) in [6.45, 7) is 0. The van der Waals surface area contributed by atoms with E-state index in [1.807, 2.05) is 54.6 Å². The molecule has 0 aromatic heterocycles. The van der Waals surface area contributed by atoms with E-state index in [1.54, 1.807) is 36.4 Å². The molecule has 2 heterocycles. The molecule has 0 unspecified atom stereocenters. The highest BCUT2D eigenvalue weighted by Gasteiger charge is 2.39. The van der Waals surface area contributed by atoms with Crippen LogP contribution in [0.1, 0.15) is 30.0 Å². The first kappa shape index (κ1) is 24.1. The highest BCUT2D eigenvalue weighted by molar-refractivity contribution is 8.15. The minimum absolute atomic E-state index is 0.0111. The molecule has 0 fully saturated rings. The van der Waals surface area contributed by atoms with Gasteiger partial charge < -0.3 is 10.1 Å². The highest BCUT2D eigenvalue weighted by Crippen LogP contribution is 2.38. The normalized spacial score (nSPS) is 19.2. The Kier molecular flexibility index (Phi) is 7.06. The SMILES string of the molecule is COc1ccc(NC(=O)C[C@H]2SC(N3N=C(c4ccccc4)C[C@H]3c3ccc(Cl)cc3)=NC2=O)cc1. The summed E-state index contributed by atoms with van der Waals surface area (Å²) in [5.74, 6) is 0.105. The molecule has 0 radical (unpaired) electrons. The van der Waals surface area contributed by atoms with Crippen molar-refractivity contribution in [1.29, 1.82) is 0 Å². The first-order chi connectivity index (χ1) is 17.5. The van der Waals surface area contributed by atoms with Gasteiger partial charge in [0.25, 0.3) is 5.91 Å². The van der Waals surface area contributed by atoms with Crippen LogP contribution in [0.15, 0.2) is 89.0 Å². The van der Waals surface area contributed by atoms with Crippen molar-refractivity contribution in [2.24, 2.45) is 10.1 Å². The lowest BCUT2D eigenvalue weighted by Gasteiger charge is -2.23. The van der Waals surface area contributed by atoms with Crippen molar-refractivity contribution in [3.8, 4) is 5.75 Å². The smallest absolute Gasteiger partial charge is 0.262 e. The number of benzene rings is 3. The fourth-order valence-electron chi connectivity index (χ4n) is 4.10. The van der Waals surface area contributed by atoms with Gasteiger partial charge in [-0.25, -0.2) is 5.01 Å². The molecule has 0 saturated carbocycles. The van der Waals surface area contributed by atoms with Gasteiger partial charge in [-0.3, -0.25) is 9.59 Å². The van der Waals surface area contributed by atoms with Gasteiger partial charge in [0, 0.05) is 23.6 Å². The van der Waals surface area contributed by atoms with Gasteiger partial charge in [-0.1, -0.05) is 65.8 Å². The number of hydrazone groups is 1. The van der Waals surface area contributed by atoms with E-state index in [0.717, 1.165) is 16.8 Å². The van der Waals surface area contributed by atoms with Gasteiger partial charge >= 0.3 is 0 Å². The molecule has 2 aliphatic rings. The third kappa shape index (κ3) is 5.29. The Morgan fingerprint density at radius 1 is 1.08 bits per heavy atom. The number of anilines is 1. The molecule has 0 bridgehead atoms. The number of carbonyl (C=O) groups excluding carboxylic acids is 2. The average Bonchev–Trinajstić information content (AvgIpc) is 3.49. The molecular formula is C27H23ClN4O3S. The second-order valence-electron chi connectivity index (χ2n) is 8.35. The zero-order valence-corrected chi connectivity index (χ0v) is 21.0. The molecule has 0 saturated heterocycles. The summed E-state index contributed by atoms with van der Waals surface area (Å²) in [6, 6.07) is 24.5. The van der Waals surface area contributed by atoms with Gasteiger partial charge in [0.2, 0.25) is 5.91 Å². The standard InChI is InChI=1S/C27H23ClN4O3S/c1-35-21-13-11-20(12-14-21)29-25(33)16-24-26(34)30-27(36-24)32-23(18-7-9-19(28)10-8-18)15-22(31-32)17-5-3-2-4-6-17/h2-14,23-24H,15-16H2,1H3,(H,29,33)/t23-,24+/m0/s1. The number of methoxy groups -OCH3 is 1. The molecular weight excluding hydrogens is 496 g/mol. The Morgan fingerprint density at radius 3 is 2.50 bits per heavy atom. The summed E-state index contributed by atoms with van der Waals surface area (Å²) in [5, 5.41) is 10.0. The number of nitrogens with one attached hydrogen (secondary N) is 1. The molecule has 1 N–H and O–H groups in total. The third-order valence-electron chi connectivity index (χ3n) is 5.94. The van der Waals surface area contributed by atoms with Crippen LogP contribution < -0.4 is 10.1 Å². The van der Waals surface area contributed by atoms with E-state index >= 15 is 0 Å². The lowest BCUT2D eigenvalue weighted by molar-refractivity contribution is -0.121. The van der Waals surface area contributed by atoms with Crippen LogP contribution in [-0.4, -0.2) is 40.1 Å². The number of nitrogens with zero attached hydrogens (tertiary/aromatic N) is 3. The number of thioether (sulfide) groups is 1. The average molecular weight is 519 g/mol.